The molecule has 0 radical (unpaired) electrons. The molecule has 1 N–H and O–H groups in total. The van der Waals surface area contributed by atoms with Crippen molar-refractivity contribution in [1.82, 2.24) is 4.90 Å². The van der Waals surface area contributed by atoms with E-state index in [4.69, 9.17) is 5.11 Å². The van der Waals surface area contributed by atoms with Crippen LogP contribution in [0, 0.1) is 2.88 Å². The number of halogens is 1. The van der Waals surface area contributed by atoms with Crippen molar-refractivity contribution in [1.29, 1.82) is 0 Å². The minimum Gasteiger partial charge on any atom is -0.480 e. The molecule has 1 aromatic heterocycles. The van der Waals surface area contributed by atoms with Gasteiger partial charge in [0.15, 0.2) is 0 Å². The normalized spacial score (nSPS) is 20.3. The number of amides is 1. The lowest BCUT2D eigenvalue weighted by atomic mass is 10.0. The zero-order valence-electron chi connectivity index (χ0n) is 9.06. The van der Waals surface area contributed by atoms with Crippen molar-refractivity contribution in [3.8, 4) is 0 Å². The van der Waals surface area contributed by atoms with Crippen LogP contribution >= 0.6 is 33.9 Å². The van der Waals surface area contributed by atoms with Gasteiger partial charge in [0, 0.05) is 11.9 Å². The van der Waals surface area contributed by atoms with Crippen LogP contribution in [0.2, 0.25) is 0 Å². The van der Waals surface area contributed by atoms with Crippen molar-refractivity contribution < 1.29 is 14.7 Å². The number of rotatable bonds is 2. The fourth-order valence-corrected chi connectivity index (χ4v) is 3.34. The summed E-state index contributed by atoms with van der Waals surface area (Å²) < 4.78 is 1.04. The Morgan fingerprint density at radius 2 is 2.24 bits per heavy atom. The third kappa shape index (κ3) is 2.79. The average Bonchev–Trinajstić information content (AvgIpc) is 2.75. The number of hydrogen-bond donors (Lipinski definition) is 1. The Kier molecular flexibility index (Phi) is 4.03. The van der Waals surface area contributed by atoms with Crippen LogP contribution in [0.25, 0.3) is 0 Å². The Hall–Kier alpha value is -0.630. The van der Waals surface area contributed by atoms with Crippen LogP contribution in [-0.2, 0) is 4.79 Å². The van der Waals surface area contributed by atoms with E-state index in [-0.39, 0.29) is 5.91 Å². The predicted octanol–water partition coefficient (Wildman–Crippen LogP) is 2.43. The lowest BCUT2D eigenvalue weighted by molar-refractivity contribution is -0.143. The van der Waals surface area contributed by atoms with E-state index in [1.807, 2.05) is 0 Å². The third-order valence-corrected chi connectivity index (χ3v) is 4.65. The molecule has 2 rings (SSSR count). The molecule has 1 unspecified atom stereocenters. The van der Waals surface area contributed by atoms with Gasteiger partial charge in [-0.05, 0) is 47.9 Å². The van der Waals surface area contributed by atoms with Crippen LogP contribution in [-0.4, -0.2) is 34.5 Å². The van der Waals surface area contributed by atoms with Crippen LogP contribution in [0.4, 0.5) is 0 Å². The monoisotopic (exact) mass is 365 g/mol. The summed E-state index contributed by atoms with van der Waals surface area (Å²) in [6, 6.07) is 1.15. The number of aliphatic carboxylic acids is 1. The molecule has 4 nitrogen and oxygen atoms in total. The van der Waals surface area contributed by atoms with Gasteiger partial charge in [0.25, 0.3) is 5.91 Å². The molecule has 1 aliphatic heterocycles. The first-order valence-corrected chi connectivity index (χ1v) is 7.33. The maximum Gasteiger partial charge on any atom is 0.326 e. The van der Waals surface area contributed by atoms with Crippen molar-refractivity contribution in [3.63, 3.8) is 0 Å². The summed E-state index contributed by atoms with van der Waals surface area (Å²) in [5.41, 5.74) is 0.604. The highest BCUT2D eigenvalue weighted by atomic mass is 127. The first-order valence-electron chi connectivity index (χ1n) is 5.37. The van der Waals surface area contributed by atoms with E-state index in [9.17, 15) is 9.59 Å². The smallest absolute Gasteiger partial charge is 0.326 e. The molecule has 92 valence electrons. The number of hydrogen-bond acceptors (Lipinski definition) is 3. The summed E-state index contributed by atoms with van der Waals surface area (Å²) in [6.07, 6.45) is 2.32. The molecule has 1 amide bonds. The molecule has 0 aromatic carbocycles. The number of nitrogens with zero attached hydrogens (tertiary/aromatic N) is 1. The lowest BCUT2D eigenvalue weighted by Crippen LogP contribution is -2.47. The van der Waals surface area contributed by atoms with E-state index in [0.29, 0.717) is 18.5 Å². The third-order valence-electron chi connectivity index (χ3n) is 2.86. The minimum atomic E-state index is -0.900. The van der Waals surface area contributed by atoms with Gasteiger partial charge in [0.2, 0.25) is 0 Å². The second-order valence-electron chi connectivity index (χ2n) is 3.99. The maximum atomic E-state index is 12.2. The molecule has 0 spiro atoms. The molecule has 6 heteroatoms. The molecule has 0 bridgehead atoms. The Bertz CT molecular complexity index is 446. The molecular weight excluding hydrogens is 353 g/mol. The number of carbonyl (C=O) groups is 2. The average molecular weight is 365 g/mol. The molecule has 0 saturated carbocycles. The van der Waals surface area contributed by atoms with Gasteiger partial charge in [-0.2, -0.15) is 0 Å². The molecule has 2 heterocycles. The molecule has 17 heavy (non-hydrogen) atoms. The van der Waals surface area contributed by atoms with Crippen molar-refractivity contribution in [2.24, 2.45) is 0 Å². The molecule has 1 atom stereocenters. The first-order chi connectivity index (χ1) is 8.09. The fraction of sp³-hybridized carbons (Fsp3) is 0.455. The lowest BCUT2D eigenvalue weighted by Gasteiger charge is -2.32. The molecule has 0 aliphatic carbocycles. The van der Waals surface area contributed by atoms with E-state index in [0.717, 1.165) is 15.7 Å². The maximum absolute atomic E-state index is 12.2. The summed E-state index contributed by atoms with van der Waals surface area (Å²) >= 11 is 3.65. The van der Waals surface area contributed by atoms with Gasteiger partial charge in [-0.3, -0.25) is 4.79 Å². The molecule has 1 fully saturated rings. The standard InChI is InChI=1S/C11H12INO3S/c12-9-5-7(6-17-9)10(14)13-4-2-1-3-8(13)11(15)16/h5-6,8H,1-4H2,(H,15,16). The second kappa shape index (κ2) is 5.34. The summed E-state index contributed by atoms with van der Waals surface area (Å²) in [7, 11) is 0. The number of thiophene rings is 1. The fourth-order valence-electron chi connectivity index (χ4n) is 2.02. The molecule has 1 aliphatic rings. The number of piperidine rings is 1. The van der Waals surface area contributed by atoms with E-state index in [1.54, 1.807) is 11.4 Å². The Balaban J connectivity index is 2.19. The van der Waals surface area contributed by atoms with Crippen LogP contribution in [0.5, 0.6) is 0 Å². The van der Waals surface area contributed by atoms with Crippen LogP contribution in [0.3, 0.4) is 0 Å². The van der Waals surface area contributed by atoms with E-state index in [2.05, 4.69) is 22.6 Å². The van der Waals surface area contributed by atoms with Gasteiger partial charge in [-0.25, -0.2) is 4.79 Å². The predicted molar refractivity (Wildman–Crippen MR) is 73.3 cm³/mol. The van der Waals surface area contributed by atoms with Crippen LogP contribution < -0.4 is 0 Å². The molecular formula is C11H12INO3S. The van der Waals surface area contributed by atoms with Crippen molar-refractivity contribution in [2.45, 2.75) is 25.3 Å². The number of carboxylic acid groups (broad SMARTS) is 1. The second-order valence-corrected chi connectivity index (χ2v) is 6.79. The Labute approximate surface area is 117 Å². The summed E-state index contributed by atoms with van der Waals surface area (Å²) in [5, 5.41) is 10.9. The van der Waals surface area contributed by atoms with Crippen molar-refractivity contribution >= 4 is 45.8 Å². The number of likely N-dealkylation sites (tertiary alicyclic amines) is 1. The van der Waals surface area contributed by atoms with Crippen molar-refractivity contribution in [3.05, 3.63) is 19.9 Å². The molecule has 1 saturated heterocycles. The van der Waals surface area contributed by atoms with Crippen LogP contribution in [0.15, 0.2) is 11.4 Å². The SMILES string of the molecule is O=C(O)C1CCCCN1C(=O)c1csc(I)c1. The molecule has 1 aromatic rings. The topological polar surface area (TPSA) is 57.6 Å². The summed E-state index contributed by atoms with van der Waals surface area (Å²) in [4.78, 5) is 24.8. The summed E-state index contributed by atoms with van der Waals surface area (Å²) in [5.74, 6) is -1.06. The van der Waals surface area contributed by atoms with Gasteiger partial charge in [-0.15, -0.1) is 11.3 Å². The summed E-state index contributed by atoms with van der Waals surface area (Å²) in [6.45, 7) is 0.544. The van der Waals surface area contributed by atoms with E-state index < -0.39 is 12.0 Å². The quantitative estimate of drug-likeness (QED) is 0.820. The van der Waals surface area contributed by atoms with Crippen LogP contribution in [0.1, 0.15) is 29.6 Å². The highest BCUT2D eigenvalue weighted by Crippen LogP contribution is 2.23. The van der Waals surface area contributed by atoms with E-state index in [1.165, 1.54) is 16.2 Å². The Morgan fingerprint density at radius 1 is 1.47 bits per heavy atom. The van der Waals surface area contributed by atoms with Gasteiger partial charge in [0.1, 0.15) is 6.04 Å². The van der Waals surface area contributed by atoms with Gasteiger partial charge < -0.3 is 10.0 Å². The zero-order valence-corrected chi connectivity index (χ0v) is 12.0. The van der Waals surface area contributed by atoms with Gasteiger partial charge >= 0.3 is 5.97 Å². The number of carboxylic acids is 1. The zero-order chi connectivity index (χ0) is 12.4. The van der Waals surface area contributed by atoms with Gasteiger partial charge in [0.05, 0.1) is 8.45 Å². The highest BCUT2D eigenvalue weighted by Gasteiger charge is 2.32. The largest absolute Gasteiger partial charge is 0.480 e. The van der Waals surface area contributed by atoms with Crippen molar-refractivity contribution in [2.75, 3.05) is 6.54 Å². The number of carbonyl (C=O) groups excluding carboxylic acids is 1. The van der Waals surface area contributed by atoms with E-state index >= 15 is 0 Å². The highest BCUT2D eigenvalue weighted by molar-refractivity contribution is 14.1. The Morgan fingerprint density at radius 3 is 2.82 bits per heavy atom. The minimum absolute atomic E-state index is 0.156. The van der Waals surface area contributed by atoms with Gasteiger partial charge in [-0.1, -0.05) is 0 Å². The first kappa shape index (κ1) is 12.8.